The fourth-order valence-electron chi connectivity index (χ4n) is 3.44. The average molecular weight is 356 g/mol. The number of amides is 1. The van der Waals surface area contributed by atoms with Crippen molar-refractivity contribution >= 4 is 22.9 Å². The number of nitrogens with one attached hydrogen (secondary N) is 1. The van der Waals surface area contributed by atoms with Gasteiger partial charge in [-0.05, 0) is 32.0 Å². The van der Waals surface area contributed by atoms with Crippen LogP contribution in [-0.2, 0) is 6.54 Å². The third-order valence-corrected chi connectivity index (χ3v) is 5.54. The van der Waals surface area contributed by atoms with Gasteiger partial charge in [-0.1, -0.05) is 0 Å². The Balaban J connectivity index is 1.51. The molecule has 0 unspecified atom stereocenters. The molecule has 1 amide bonds. The number of rotatable bonds is 4. The summed E-state index contributed by atoms with van der Waals surface area (Å²) in [5, 5.41) is 7.06. The average Bonchev–Trinajstić information content (AvgIpc) is 3.31. The van der Waals surface area contributed by atoms with Gasteiger partial charge in [-0.15, -0.1) is 11.3 Å². The summed E-state index contributed by atoms with van der Waals surface area (Å²) in [5.41, 5.74) is 4.17. The maximum absolute atomic E-state index is 12.0. The Bertz CT molecular complexity index is 867. The Hall–Kier alpha value is -2.32. The van der Waals surface area contributed by atoms with E-state index in [1.54, 1.807) is 30.8 Å². The molecule has 25 heavy (non-hydrogen) atoms. The topological polar surface area (TPSA) is 75.4 Å². The number of likely N-dealkylation sites (tertiary alicyclic amines) is 1. The molecule has 1 aliphatic rings. The molecule has 130 valence electrons. The lowest BCUT2D eigenvalue weighted by Crippen LogP contribution is -2.32. The van der Waals surface area contributed by atoms with E-state index in [-0.39, 0.29) is 5.91 Å². The Morgan fingerprint density at radius 2 is 2.20 bits per heavy atom. The van der Waals surface area contributed by atoms with Crippen molar-refractivity contribution in [1.29, 1.82) is 0 Å². The number of carbonyl (C=O) groups excluding carboxylic acids is 1. The molecule has 1 N–H and O–H groups in total. The second kappa shape index (κ2) is 6.89. The smallest absolute Gasteiger partial charge is 0.256 e. The fourth-order valence-corrected chi connectivity index (χ4v) is 4.08. The SMILES string of the molecule is CNC(=O)c1cnn2c(C3CCN(Cc4cncs4)CC3)ccnc12. The van der Waals surface area contributed by atoms with Crippen molar-refractivity contribution in [2.45, 2.75) is 25.3 Å². The number of fused-ring (bicyclic) bond motifs is 1. The van der Waals surface area contributed by atoms with Gasteiger partial charge in [-0.25, -0.2) is 9.50 Å². The van der Waals surface area contributed by atoms with Crippen molar-refractivity contribution in [3.8, 4) is 0 Å². The lowest BCUT2D eigenvalue weighted by molar-refractivity contribution is 0.0964. The van der Waals surface area contributed by atoms with E-state index in [2.05, 4.69) is 25.3 Å². The van der Waals surface area contributed by atoms with Gasteiger partial charge in [0.1, 0.15) is 5.56 Å². The van der Waals surface area contributed by atoms with E-state index in [1.165, 1.54) is 4.88 Å². The summed E-state index contributed by atoms with van der Waals surface area (Å²) in [6.45, 7) is 3.08. The molecule has 3 aromatic rings. The van der Waals surface area contributed by atoms with E-state index in [9.17, 15) is 4.79 Å². The van der Waals surface area contributed by atoms with Crippen molar-refractivity contribution < 1.29 is 4.79 Å². The molecular formula is C17H20N6OS. The minimum Gasteiger partial charge on any atom is -0.355 e. The third-order valence-electron chi connectivity index (χ3n) is 4.77. The standard InChI is InChI=1S/C17H20N6OS/c1-18-17(24)14-9-21-23-15(2-5-20-16(14)23)12-3-6-22(7-4-12)10-13-8-19-11-25-13/h2,5,8-9,11-12H,3-4,6-7,10H2,1H3,(H,18,24). The Labute approximate surface area is 149 Å². The van der Waals surface area contributed by atoms with Gasteiger partial charge in [0.05, 0.1) is 11.7 Å². The van der Waals surface area contributed by atoms with E-state index in [0.717, 1.165) is 38.2 Å². The van der Waals surface area contributed by atoms with Crippen LogP contribution in [0.4, 0.5) is 0 Å². The zero-order valence-corrected chi connectivity index (χ0v) is 14.9. The van der Waals surface area contributed by atoms with Crippen LogP contribution in [0.1, 0.15) is 39.7 Å². The molecule has 0 spiro atoms. The highest BCUT2D eigenvalue weighted by molar-refractivity contribution is 7.09. The molecule has 1 saturated heterocycles. The van der Waals surface area contributed by atoms with Gasteiger partial charge in [-0.3, -0.25) is 14.7 Å². The first-order valence-corrected chi connectivity index (χ1v) is 9.28. The summed E-state index contributed by atoms with van der Waals surface area (Å²) < 4.78 is 1.83. The van der Waals surface area contributed by atoms with Crippen LogP contribution in [0.15, 0.2) is 30.2 Å². The molecule has 1 fully saturated rings. The fraction of sp³-hybridized carbons (Fsp3) is 0.412. The summed E-state index contributed by atoms with van der Waals surface area (Å²) in [7, 11) is 1.62. The molecule has 3 aromatic heterocycles. The third kappa shape index (κ3) is 3.14. The highest BCUT2D eigenvalue weighted by atomic mass is 32.1. The van der Waals surface area contributed by atoms with E-state index < -0.39 is 0 Å². The highest BCUT2D eigenvalue weighted by Gasteiger charge is 2.24. The van der Waals surface area contributed by atoms with Crippen LogP contribution in [0.25, 0.3) is 5.65 Å². The molecule has 4 rings (SSSR count). The quantitative estimate of drug-likeness (QED) is 0.773. The van der Waals surface area contributed by atoms with Crippen LogP contribution < -0.4 is 5.32 Å². The van der Waals surface area contributed by atoms with E-state index in [1.807, 2.05) is 22.3 Å². The molecule has 0 radical (unpaired) electrons. The summed E-state index contributed by atoms with van der Waals surface area (Å²) in [4.78, 5) is 24.2. The molecule has 0 saturated carbocycles. The number of hydrogen-bond donors (Lipinski definition) is 1. The van der Waals surface area contributed by atoms with Gasteiger partial charge in [0.15, 0.2) is 5.65 Å². The molecule has 0 bridgehead atoms. The molecular weight excluding hydrogens is 336 g/mol. The lowest BCUT2D eigenvalue weighted by atomic mass is 9.93. The Morgan fingerprint density at radius 1 is 1.36 bits per heavy atom. The Kier molecular flexibility index (Phi) is 4.46. The van der Waals surface area contributed by atoms with Crippen molar-refractivity contribution in [3.63, 3.8) is 0 Å². The minimum absolute atomic E-state index is 0.154. The first kappa shape index (κ1) is 16.2. The Morgan fingerprint density at radius 3 is 2.92 bits per heavy atom. The molecule has 7 nitrogen and oxygen atoms in total. The van der Waals surface area contributed by atoms with Crippen molar-refractivity contribution in [3.05, 3.63) is 46.3 Å². The van der Waals surface area contributed by atoms with Gasteiger partial charge in [0.2, 0.25) is 0 Å². The summed E-state index contributed by atoms with van der Waals surface area (Å²) >= 11 is 1.71. The van der Waals surface area contributed by atoms with Gasteiger partial charge in [-0.2, -0.15) is 5.10 Å². The molecule has 1 aliphatic heterocycles. The molecule has 8 heteroatoms. The maximum atomic E-state index is 12.0. The van der Waals surface area contributed by atoms with Gasteiger partial charge >= 0.3 is 0 Å². The minimum atomic E-state index is -0.154. The van der Waals surface area contributed by atoms with Gasteiger partial charge in [0.25, 0.3) is 5.91 Å². The second-order valence-corrected chi connectivity index (χ2v) is 7.23. The van der Waals surface area contributed by atoms with E-state index >= 15 is 0 Å². The highest BCUT2D eigenvalue weighted by Crippen LogP contribution is 2.29. The predicted octanol–water partition coefficient (Wildman–Crippen LogP) is 1.92. The summed E-state index contributed by atoms with van der Waals surface area (Å²) in [5.74, 6) is 0.277. The summed E-state index contributed by atoms with van der Waals surface area (Å²) in [6.07, 6.45) is 7.49. The number of thiazole rings is 1. The molecule has 4 heterocycles. The summed E-state index contributed by atoms with van der Waals surface area (Å²) in [6, 6.07) is 2.02. The molecule has 0 atom stereocenters. The monoisotopic (exact) mass is 356 g/mol. The van der Waals surface area contributed by atoms with Crippen LogP contribution in [0, 0.1) is 0 Å². The van der Waals surface area contributed by atoms with Gasteiger partial charge < -0.3 is 5.32 Å². The van der Waals surface area contributed by atoms with Crippen molar-refractivity contribution in [2.24, 2.45) is 0 Å². The number of nitrogens with zero attached hydrogens (tertiary/aromatic N) is 5. The van der Waals surface area contributed by atoms with Crippen LogP contribution >= 0.6 is 11.3 Å². The normalized spacial score (nSPS) is 16.4. The van der Waals surface area contributed by atoms with Gasteiger partial charge in [0, 0.05) is 42.5 Å². The number of piperidine rings is 1. The van der Waals surface area contributed by atoms with Crippen LogP contribution in [0.3, 0.4) is 0 Å². The predicted molar refractivity (Wildman–Crippen MR) is 95.7 cm³/mol. The van der Waals surface area contributed by atoms with Crippen LogP contribution in [0.5, 0.6) is 0 Å². The maximum Gasteiger partial charge on any atom is 0.256 e. The zero-order valence-electron chi connectivity index (χ0n) is 14.1. The zero-order chi connectivity index (χ0) is 17.2. The number of carbonyl (C=O) groups is 1. The number of aromatic nitrogens is 4. The number of hydrogen-bond acceptors (Lipinski definition) is 6. The van der Waals surface area contributed by atoms with Crippen LogP contribution in [-0.4, -0.2) is 50.5 Å². The van der Waals surface area contributed by atoms with E-state index in [0.29, 0.717) is 17.1 Å². The largest absolute Gasteiger partial charge is 0.355 e. The van der Waals surface area contributed by atoms with Crippen LogP contribution in [0.2, 0.25) is 0 Å². The molecule has 0 aromatic carbocycles. The van der Waals surface area contributed by atoms with Crippen molar-refractivity contribution in [1.82, 2.24) is 29.8 Å². The molecule has 0 aliphatic carbocycles. The second-order valence-electron chi connectivity index (χ2n) is 6.26. The van der Waals surface area contributed by atoms with E-state index in [4.69, 9.17) is 0 Å². The first-order chi connectivity index (χ1) is 12.3. The lowest BCUT2D eigenvalue weighted by Gasteiger charge is -2.31. The first-order valence-electron chi connectivity index (χ1n) is 8.40. The van der Waals surface area contributed by atoms with Crippen molar-refractivity contribution in [2.75, 3.05) is 20.1 Å².